The van der Waals surface area contributed by atoms with Crippen molar-refractivity contribution in [2.24, 2.45) is 4.99 Å². The van der Waals surface area contributed by atoms with Crippen LogP contribution in [-0.2, 0) is 22.1 Å². The van der Waals surface area contributed by atoms with Gasteiger partial charge < -0.3 is 10.6 Å². The van der Waals surface area contributed by atoms with Crippen LogP contribution in [0.2, 0.25) is 0 Å². The molecule has 0 saturated carbocycles. The van der Waals surface area contributed by atoms with Crippen molar-refractivity contribution >= 4 is 39.8 Å². The first-order valence-electron chi connectivity index (χ1n) is 9.08. The van der Waals surface area contributed by atoms with Gasteiger partial charge >= 0.3 is 0 Å². The van der Waals surface area contributed by atoms with Crippen molar-refractivity contribution in [1.29, 1.82) is 0 Å². The molecule has 27 heavy (non-hydrogen) atoms. The van der Waals surface area contributed by atoms with Crippen LogP contribution in [0.3, 0.4) is 0 Å². The second-order valence-electron chi connectivity index (χ2n) is 7.16. The molecule has 0 amide bonds. The minimum Gasteiger partial charge on any atom is -0.355 e. The maximum Gasteiger partial charge on any atom is 0.191 e. The first kappa shape index (κ1) is 26.1. The monoisotopic (exact) mass is 510 g/mol. The average Bonchev–Trinajstić information content (AvgIpc) is 2.53. The van der Waals surface area contributed by atoms with Crippen molar-refractivity contribution in [3.63, 3.8) is 0 Å². The standard InChI is InChI=1S/C19H34N4O2S.HI/c1-15(2)23(16(3)4)12-11-21-19(20-5)22-13-17-7-9-18(10-8-17)14-26(6,24)25;/h7-10,15-16H,11-14H2,1-6H3,(H2,20,21,22);1H. The molecule has 0 aromatic heterocycles. The molecule has 8 heteroatoms. The predicted molar refractivity (Wildman–Crippen MR) is 126 cm³/mol. The number of rotatable bonds is 9. The molecule has 0 bridgehead atoms. The Hall–Kier alpha value is -0.870. The fraction of sp³-hybridized carbons (Fsp3) is 0.632. The molecule has 1 rings (SSSR count). The van der Waals surface area contributed by atoms with Gasteiger partial charge in [0.25, 0.3) is 0 Å². The zero-order valence-electron chi connectivity index (χ0n) is 17.3. The largest absolute Gasteiger partial charge is 0.355 e. The Morgan fingerprint density at radius 2 is 1.56 bits per heavy atom. The van der Waals surface area contributed by atoms with E-state index in [0.717, 1.165) is 30.2 Å². The molecule has 0 spiro atoms. The highest BCUT2D eigenvalue weighted by Crippen LogP contribution is 2.08. The Kier molecular flexibility index (Phi) is 12.2. The van der Waals surface area contributed by atoms with Crippen molar-refractivity contribution in [3.8, 4) is 0 Å². The molecule has 0 fully saturated rings. The fourth-order valence-electron chi connectivity index (χ4n) is 2.88. The summed E-state index contributed by atoms with van der Waals surface area (Å²) >= 11 is 0. The lowest BCUT2D eigenvalue weighted by Crippen LogP contribution is -2.45. The van der Waals surface area contributed by atoms with E-state index in [2.05, 4.69) is 48.2 Å². The average molecular weight is 510 g/mol. The molecular weight excluding hydrogens is 475 g/mol. The lowest BCUT2D eigenvalue weighted by atomic mass is 10.1. The Balaban J connectivity index is 0.00000676. The summed E-state index contributed by atoms with van der Waals surface area (Å²) in [7, 11) is -1.24. The highest BCUT2D eigenvalue weighted by atomic mass is 127. The summed E-state index contributed by atoms with van der Waals surface area (Å²) in [4.78, 5) is 6.68. The van der Waals surface area contributed by atoms with Gasteiger partial charge in [0, 0.05) is 45.0 Å². The van der Waals surface area contributed by atoms with Gasteiger partial charge in [-0.3, -0.25) is 9.89 Å². The van der Waals surface area contributed by atoms with Crippen molar-refractivity contribution in [1.82, 2.24) is 15.5 Å². The molecule has 0 atom stereocenters. The van der Waals surface area contributed by atoms with Crippen LogP contribution in [0.1, 0.15) is 38.8 Å². The third-order valence-electron chi connectivity index (χ3n) is 4.12. The van der Waals surface area contributed by atoms with Crippen molar-refractivity contribution < 1.29 is 8.42 Å². The minimum atomic E-state index is -3.00. The van der Waals surface area contributed by atoms with Gasteiger partial charge in [-0.15, -0.1) is 24.0 Å². The topological polar surface area (TPSA) is 73.8 Å². The van der Waals surface area contributed by atoms with Gasteiger partial charge in [-0.2, -0.15) is 0 Å². The number of sulfone groups is 1. The van der Waals surface area contributed by atoms with Crippen LogP contribution in [0.5, 0.6) is 0 Å². The Morgan fingerprint density at radius 1 is 1.04 bits per heavy atom. The number of guanidine groups is 1. The van der Waals surface area contributed by atoms with Gasteiger partial charge in [0.2, 0.25) is 0 Å². The molecule has 0 radical (unpaired) electrons. The molecule has 1 aromatic carbocycles. The Morgan fingerprint density at radius 3 is 2.00 bits per heavy atom. The number of hydrogen-bond acceptors (Lipinski definition) is 4. The summed E-state index contributed by atoms with van der Waals surface area (Å²) in [6.07, 6.45) is 1.25. The van der Waals surface area contributed by atoms with E-state index in [4.69, 9.17) is 0 Å². The highest BCUT2D eigenvalue weighted by Gasteiger charge is 2.12. The van der Waals surface area contributed by atoms with E-state index in [1.165, 1.54) is 6.26 Å². The van der Waals surface area contributed by atoms with Crippen molar-refractivity contribution in [2.45, 2.75) is 52.1 Å². The van der Waals surface area contributed by atoms with E-state index < -0.39 is 9.84 Å². The van der Waals surface area contributed by atoms with Gasteiger partial charge in [-0.1, -0.05) is 24.3 Å². The van der Waals surface area contributed by atoms with Gasteiger partial charge in [-0.25, -0.2) is 8.42 Å². The van der Waals surface area contributed by atoms with Gasteiger partial charge in [0.1, 0.15) is 0 Å². The lowest BCUT2D eigenvalue weighted by Gasteiger charge is -2.30. The zero-order chi connectivity index (χ0) is 19.7. The van der Waals surface area contributed by atoms with Crippen LogP contribution in [0.4, 0.5) is 0 Å². The van der Waals surface area contributed by atoms with Gasteiger partial charge in [0.05, 0.1) is 5.75 Å². The minimum absolute atomic E-state index is 0. The molecule has 0 unspecified atom stereocenters. The summed E-state index contributed by atoms with van der Waals surface area (Å²) in [5.41, 5.74) is 1.89. The summed E-state index contributed by atoms with van der Waals surface area (Å²) in [5, 5.41) is 6.63. The highest BCUT2D eigenvalue weighted by molar-refractivity contribution is 14.0. The summed E-state index contributed by atoms with van der Waals surface area (Å²) in [5.74, 6) is 0.837. The van der Waals surface area contributed by atoms with Crippen LogP contribution in [0.25, 0.3) is 0 Å². The van der Waals surface area contributed by atoms with Gasteiger partial charge in [-0.05, 0) is 38.8 Å². The molecular formula is C19H35IN4O2S. The lowest BCUT2D eigenvalue weighted by molar-refractivity contribution is 0.178. The molecule has 0 saturated heterocycles. The third kappa shape index (κ3) is 10.9. The van der Waals surface area contributed by atoms with E-state index in [-0.39, 0.29) is 29.7 Å². The van der Waals surface area contributed by atoms with Crippen LogP contribution in [0.15, 0.2) is 29.3 Å². The summed E-state index contributed by atoms with van der Waals surface area (Å²) in [6, 6.07) is 8.63. The van der Waals surface area contributed by atoms with Crippen LogP contribution < -0.4 is 10.6 Å². The predicted octanol–water partition coefficient (Wildman–Crippen LogP) is 2.63. The van der Waals surface area contributed by atoms with E-state index in [1.54, 1.807) is 7.05 Å². The van der Waals surface area contributed by atoms with E-state index in [9.17, 15) is 8.42 Å². The van der Waals surface area contributed by atoms with E-state index in [1.807, 2.05) is 24.3 Å². The summed E-state index contributed by atoms with van der Waals surface area (Å²) in [6.45, 7) is 11.2. The third-order valence-corrected chi connectivity index (χ3v) is 4.98. The van der Waals surface area contributed by atoms with Crippen LogP contribution >= 0.6 is 24.0 Å². The van der Waals surface area contributed by atoms with Crippen molar-refractivity contribution in [3.05, 3.63) is 35.4 Å². The zero-order valence-corrected chi connectivity index (χ0v) is 20.5. The second kappa shape index (κ2) is 12.6. The number of halogens is 1. The maximum absolute atomic E-state index is 11.3. The SMILES string of the molecule is CN=C(NCCN(C(C)C)C(C)C)NCc1ccc(CS(C)(=O)=O)cc1.I. The van der Waals surface area contributed by atoms with Gasteiger partial charge in [0.15, 0.2) is 15.8 Å². The van der Waals surface area contributed by atoms with E-state index in [0.29, 0.717) is 18.6 Å². The number of nitrogens with one attached hydrogen (secondary N) is 2. The van der Waals surface area contributed by atoms with Crippen LogP contribution in [-0.4, -0.2) is 57.8 Å². The fourth-order valence-corrected chi connectivity index (χ4v) is 3.68. The molecule has 1 aromatic rings. The molecule has 0 aliphatic heterocycles. The molecule has 2 N–H and O–H groups in total. The summed E-state index contributed by atoms with van der Waals surface area (Å²) < 4.78 is 22.7. The number of hydrogen-bond donors (Lipinski definition) is 2. The molecule has 156 valence electrons. The Bertz CT molecular complexity index is 665. The molecule has 0 aliphatic carbocycles. The molecule has 6 nitrogen and oxygen atoms in total. The normalized spacial score (nSPS) is 12.4. The number of aliphatic imine (C=N–C) groups is 1. The first-order valence-corrected chi connectivity index (χ1v) is 11.1. The number of nitrogens with zero attached hydrogens (tertiary/aromatic N) is 2. The smallest absolute Gasteiger partial charge is 0.191 e. The maximum atomic E-state index is 11.3. The Labute approximate surface area is 182 Å². The quantitative estimate of drug-likeness (QED) is 0.304. The number of benzene rings is 1. The van der Waals surface area contributed by atoms with Crippen molar-refractivity contribution in [2.75, 3.05) is 26.4 Å². The van der Waals surface area contributed by atoms with Crippen LogP contribution in [0, 0.1) is 0 Å². The first-order chi connectivity index (χ1) is 12.1. The van der Waals surface area contributed by atoms with E-state index >= 15 is 0 Å². The molecule has 0 heterocycles. The molecule has 0 aliphatic rings. The second-order valence-corrected chi connectivity index (χ2v) is 9.30.